The lowest BCUT2D eigenvalue weighted by molar-refractivity contribution is -0.111. The number of unbranched alkanes of at least 4 members (excludes halogenated alkanes) is 38. The van der Waals surface area contributed by atoms with Gasteiger partial charge in [-0.25, -0.2) is 0 Å². The van der Waals surface area contributed by atoms with Gasteiger partial charge < -0.3 is 20.4 Å². The zero-order valence-corrected chi connectivity index (χ0v) is 59.4. The Morgan fingerprint density at radius 1 is 0.314 bits per heavy atom. The fourth-order valence-corrected chi connectivity index (χ4v) is 14.4. The van der Waals surface area contributed by atoms with Crippen molar-refractivity contribution in [2.45, 2.75) is 373 Å². The molecule has 0 bridgehead atoms. The second kappa shape index (κ2) is 64.8. The minimum atomic E-state index is -0.369. The third-order valence-corrected chi connectivity index (χ3v) is 20.3. The predicted octanol–water partition coefficient (Wildman–Crippen LogP) is 18.8. The van der Waals surface area contributed by atoms with Gasteiger partial charge in [0.05, 0.1) is 24.4 Å². The van der Waals surface area contributed by atoms with E-state index in [0.29, 0.717) is 39.0 Å². The molecule has 0 amide bonds. The summed E-state index contributed by atoms with van der Waals surface area (Å²) < 4.78 is 0. The van der Waals surface area contributed by atoms with Crippen molar-refractivity contribution in [3.63, 3.8) is 0 Å². The van der Waals surface area contributed by atoms with Crippen LogP contribution in [-0.4, -0.2) is 165 Å². The zero-order chi connectivity index (χ0) is 62.4. The van der Waals surface area contributed by atoms with Crippen LogP contribution in [0.4, 0.5) is 0 Å². The molecule has 512 valence electrons. The number of thioether (sulfide) groups is 2. The largest absolute Gasteiger partial charge is 0.392 e. The van der Waals surface area contributed by atoms with Crippen LogP contribution in [0, 0.1) is 0 Å². The van der Waals surface area contributed by atoms with E-state index in [1.807, 2.05) is 0 Å². The molecule has 86 heavy (non-hydrogen) atoms. The minimum Gasteiger partial charge on any atom is -0.392 e. The Morgan fingerprint density at radius 3 is 0.744 bits per heavy atom. The van der Waals surface area contributed by atoms with Gasteiger partial charge in [-0.15, -0.1) is 0 Å². The molecule has 0 saturated carbocycles. The fourth-order valence-electron chi connectivity index (χ4n) is 12.7. The van der Waals surface area contributed by atoms with Gasteiger partial charge in [-0.1, -0.05) is 308 Å². The molecular formula is C74H148N4O6S2. The van der Waals surface area contributed by atoms with E-state index in [2.05, 4.69) is 47.3 Å². The van der Waals surface area contributed by atoms with Gasteiger partial charge in [-0.05, 0) is 64.5 Å². The monoisotopic (exact) mass is 1250 g/mol. The molecule has 0 aromatic heterocycles. The molecule has 1 saturated heterocycles. The summed E-state index contributed by atoms with van der Waals surface area (Å²) in [6, 6.07) is 0. The van der Waals surface area contributed by atoms with Crippen molar-refractivity contribution >= 4 is 33.8 Å². The molecule has 1 fully saturated rings. The Morgan fingerprint density at radius 2 is 0.523 bits per heavy atom. The molecular weight excluding hydrogens is 1100 g/mol. The Balaban J connectivity index is 2.39. The highest BCUT2D eigenvalue weighted by Gasteiger charge is 2.20. The standard InChI is InChI=1S/C74H148N4O6S2/c1-5-9-13-17-21-25-29-33-37-41-49-69(79)65-77(66-70(80)50-42-38-34-30-26-22-18-14-10-6-2)55-47-45-53-73(83)85-63-61-75-57-59-76(60-58-75)62-64-86-74(84)54-46-48-56-78(67-71(81)51-43-39-35-31-27-23-19-15-11-7-3)68-72(82)52-44-40-36-32-28-24-20-16-12-8-4/h69-72,79-82H,5-68H2,1-4H3. The van der Waals surface area contributed by atoms with Crippen molar-refractivity contribution in [2.24, 2.45) is 0 Å². The topological polar surface area (TPSA) is 128 Å². The molecule has 0 aromatic rings. The van der Waals surface area contributed by atoms with Crippen LogP contribution in [0.5, 0.6) is 0 Å². The van der Waals surface area contributed by atoms with Gasteiger partial charge in [0.2, 0.25) is 0 Å². The molecule has 4 N–H and O–H groups in total. The van der Waals surface area contributed by atoms with Crippen molar-refractivity contribution in [3.05, 3.63) is 0 Å². The second-order valence-electron chi connectivity index (χ2n) is 27.1. The third kappa shape index (κ3) is 57.6. The number of hydrogen-bond donors (Lipinski definition) is 4. The molecule has 4 atom stereocenters. The van der Waals surface area contributed by atoms with Crippen molar-refractivity contribution in [1.29, 1.82) is 0 Å². The lowest BCUT2D eigenvalue weighted by atomic mass is 10.0. The van der Waals surface area contributed by atoms with Crippen molar-refractivity contribution in [1.82, 2.24) is 19.6 Å². The van der Waals surface area contributed by atoms with Crippen LogP contribution in [0.1, 0.15) is 349 Å². The molecule has 10 nitrogen and oxygen atoms in total. The van der Waals surface area contributed by atoms with Gasteiger partial charge >= 0.3 is 0 Å². The van der Waals surface area contributed by atoms with Crippen molar-refractivity contribution < 1.29 is 30.0 Å². The van der Waals surface area contributed by atoms with Gasteiger partial charge in [-0.3, -0.25) is 29.2 Å². The zero-order valence-electron chi connectivity index (χ0n) is 57.8. The van der Waals surface area contributed by atoms with Gasteiger partial charge in [0.25, 0.3) is 0 Å². The maximum absolute atomic E-state index is 13.0. The quantitative estimate of drug-likeness (QED) is 0.0433. The maximum atomic E-state index is 13.0. The molecule has 1 aliphatic rings. The lowest BCUT2D eigenvalue weighted by Crippen LogP contribution is -2.47. The highest BCUT2D eigenvalue weighted by atomic mass is 32.2. The summed E-state index contributed by atoms with van der Waals surface area (Å²) >= 11 is 2.97. The van der Waals surface area contributed by atoms with Crippen LogP contribution < -0.4 is 0 Å². The van der Waals surface area contributed by atoms with Crippen LogP contribution in [0.3, 0.4) is 0 Å². The molecule has 1 heterocycles. The number of rotatable bonds is 68. The summed E-state index contributed by atoms with van der Waals surface area (Å²) in [6.07, 6.45) is 58.2. The first-order chi connectivity index (χ1) is 42.1. The minimum absolute atomic E-state index is 0.276. The summed E-state index contributed by atoms with van der Waals surface area (Å²) in [5, 5.41) is 45.0. The molecule has 0 spiro atoms. The molecule has 1 rings (SSSR count). The van der Waals surface area contributed by atoms with Crippen LogP contribution in [0.2, 0.25) is 0 Å². The molecule has 4 unspecified atom stereocenters. The maximum Gasteiger partial charge on any atom is 0.188 e. The first kappa shape index (κ1) is 83.7. The first-order valence-corrected chi connectivity index (χ1v) is 40.0. The van der Waals surface area contributed by atoms with Gasteiger partial charge in [0.15, 0.2) is 10.2 Å². The Kier molecular flexibility index (Phi) is 63.1. The Bertz CT molecular complexity index is 1250. The molecule has 12 heteroatoms. The van der Waals surface area contributed by atoms with Gasteiger partial charge in [0, 0.05) is 89.8 Å². The highest BCUT2D eigenvalue weighted by molar-refractivity contribution is 8.13. The van der Waals surface area contributed by atoms with Crippen LogP contribution >= 0.6 is 23.5 Å². The van der Waals surface area contributed by atoms with E-state index in [9.17, 15) is 30.0 Å². The number of hydrogen-bond acceptors (Lipinski definition) is 12. The summed E-state index contributed by atoms with van der Waals surface area (Å²) in [5.41, 5.74) is 0. The molecule has 0 radical (unpaired) electrons. The van der Waals surface area contributed by atoms with E-state index in [1.165, 1.54) is 255 Å². The lowest BCUT2D eigenvalue weighted by Gasteiger charge is -2.34. The molecule has 1 aliphatic heterocycles. The van der Waals surface area contributed by atoms with E-state index in [-0.39, 0.29) is 34.6 Å². The van der Waals surface area contributed by atoms with E-state index in [4.69, 9.17) is 0 Å². The fraction of sp³-hybridized carbons (Fsp3) is 0.973. The molecule has 0 aliphatic carbocycles. The normalized spacial score (nSPS) is 14.9. The van der Waals surface area contributed by atoms with Crippen molar-refractivity contribution in [2.75, 3.05) is 90.0 Å². The first-order valence-electron chi connectivity index (χ1n) is 38.0. The van der Waals surface area contributed by atoms with E-state index in [0.717, 1.165) is 141 Å². The SMILES string of the molecule is CCCCCCCCCCCCC(O)CN(CCCCC(=O)SCCN1CCN(CCSC(=O)CCCCN(CC(O)CCCCCCCCCCCC)CC(O)CCCCCCCCCCCC)CC1)CC(O)CCCCCCCCCCCC. The summed E-state index contributed by atoms with van der Waals surface area (Å²) in [5.74, 6) is 1.65. The Hall–Kier alpha value is -0.280. The number of carbonyl (C=O) groups excluding carboxylic acids is 2. The summed E-state index contributed by atoms with van der Waals surface area (Å²) in [7, 11) is 0. The summed E-state index contributed by atoms with van der Waals surface area (Å²) in [6.45, 7) is 19.0. The van der Waals surface area contributed by atoms with Crippen molar-refractivity contribution in [3.8, 4) is 0 Å². The number of aliphatic hydroxyl groups is 4. The van der Waals surface area contributed by atoms with Crippen LogP contribution in [0.25, 0.3) is 0 Å². The average molecular weight is 1250 g/mol. The Labute approximate surface area is 543 Å². The second-order valence-corrected chi connectivity index (χ2v) is 29.4. The number of aliphatic hydroxyl groups excluding tert-OH is 4. The predicted molar refractivity (Wildman–Crippen MR) is 378 cm³/mol. The summed E-state index contributed by atoms with van der Waals surface area (Å²) in [4.78, 5) is 35.5. The van der Waals surface area contributed by atoms with Crippen LogP contribution in [-0.2, 0) is 9.59 Å². The third-order valence-electron chi connectivity index (χ3n) is 18.5. The number of nitrogens with zero attached hydrogens (tertiary/aromatic N) is 4. The molecule has 0 aromatic carbocycles. The number of carbonyl (C=O) groups is 2. The van der Waals surface area contributed by atoms with E-state index in [1.54, 1.807) is 0 Å². The van der Waals surface area contributed by atoms with Gasteiger partial charge in [0.1, 0.15) is 0 Å². The van der Waals surface area contributed by atoms with Crippen LogP contribution in [0.15, 0.2) is 0 Å². The average Bonchev–Trinajstić information content (AvgIpc) is 3.61. The van der Waals surface area contributed by atoms with Gasteiger partial charge in [-0.2, -0.15) is 0 Å². The van der Waals surface area contributed by atoms with E-state index < -0.39 is 0 Å². The smallest absolute Gasteiger partial charge is 0.188 e. The number of piperazine rings is 1. The highest BCUT2D eigenvalue weighted by Crippen LogP contribution is 2.20. The van der Waals surface area contributed by atoms with E-state index >= 15 is 0 Å².